The average molecular weight is 484 g/mol. The molecular formula is C28H35F2N3O2. The summed E-state index contributed by atoms with van der Waals surface area (Å²) in [5, 5.41) is 3.55. The zero-order valence-electron chi connectivity index (χ0n) is 21.4. The molecule has 4 rings (SSSR count). The SMILES string of the molecule is C=C(NC1=CC(C)=CC(C2=CC(CC)N(C)C=C2)N1C)C(C)(CC)c1ccc2c(c1)OC(F)(F)O2. The fraction of sp³-hybridized carbons (Fsp3) is 0.429. The van der Waals surface area contributed by atoms with Gasteiger partial charge in [-0.25, -0.2) is 0 Å². The molecule has 3 atom stereocenters. The minimum absolute atomic E-state index is 0.0407. The Hall–Kier alpha value is -3.22. The number of benzene rings is 1. The quantitative estimate of drug-likeness (QED) is 0.511. The number of allylic oxidation sites excluding steroid dienone is 3. The van der Waals surface area contributed by atoms with Gasteiger partial charge in [-0.2, -0.15) is 0 Å². The molecule has 7 heteroatoms. The average Bonchev–Trinajstić information content (AvgIpc) is 3.13. The van der Waals surface area contributed by atoms with Crippen LogP contribution in [0.25, 0.3) is 0 Å². The Kier molecular flexibility index (Phi) is 6.47. The predicted octanol–water partition coefficient (Wildman–Crippen LogP) is 6.04. The van der Waals surface area contributed by atoms with E-state index in [0.717, 1.165) is 29.1 Å². The first-order valence-electron chi connectivity index (χ1n) is 12.1. The lowest BCUT2D eigenvalue weighted by atomic mass is 9.77. The second-order valence-corrected chi connectivity index (χ2v) is 9.74. The summed E-state index contributed by atoms with van der Waals surface area (Å²) in [6.07, 6.45) is 9.13. The molecule has 0 amide bonds. The van der Waals surface area contributed by atoms with E-state index in [0.29, 0.717) is 12.5 Å². The molecule has 3 aliphatic rings. The fourth-order valence-electron chi connectivity index (χ4n) is 4.81. The van der Waals surface area contributed by atoms with E-state index in [4.69, 9.17) is 4.74 Å². The van der Waals surface area contributed by atoms with Gasteiger partial charge in [0.15, 0.2) is 11.5 Å². The van der Waals surface area contributed by atoms with Gasteiger partial charge in [-0.1, -0.05) is 45.6 Å². The number of ether oxygens (including phenoxy) is 2. The van der Waals surface area contributed by atoms with Crippen LogP contribution in [-0.2, 0) is 5.41 Å². The second kappa shape index (κ2) is 9.10. The number of halogens is 2. The molecule has 0 aliphatic carbocycles. The van der Waals surface area contributed by atoms with Crippen LogP contribution in [0.3, 0.4) is 0 Å². The van der Waals surface area contributed by atoms with Crippen molar-refractivity contribution in [2.24, 2.45) is 0 Å². The van der Waals surface area contributed by atoms with E-state index in [1.807, 2.05) is 0 Å². The Morgan fingerprint density at radius 2 is 1.89 bits per heavy atom. The van der Waals surface area contributed by atoms with Gasteiger partial charge in [-0.3, -0.25) is 0 Å². The summed E-state index contributed by atoms with van der Waals surface area (Å²) in [4.78, 5) is 4.44. The van der Waals surface area contributed by atoms with Crippen LogP contribution in [0.4, 0.5) is 8.78 Å². The summed E-state index contributed by atoms with van der Waals surface area (Å²) in [7, 11) is 4.17. The normalized spacial score (nSPS) is 24.4. The maximum atomic E-state index is 13.5. The van der Waals surface area contributed by atoms with Gasteiger partial charge in [0.25, 0.3) is 0 Å². The highest BCUT2D eigenvalue weighted by Crippen LogP contribution is 2.45. The summed E-state index contributed by atoms with van der Waals surface area (Å²) in [5.41, 5.74) is 3.49. The predicted molar refractivity (Wildman–Crippen MR) is 135 cm³/mol. The van der Waals surface area contributed by atoms with Crippen molar-refractivity contribution in [1.82, 2.24) is 15.1 Å². The first-order chi connectivity index (χ1) is 16.5. The summed E-state index contributed by atoms with van der Waals surface area (Å²) in [6, 6.07) is 5.42. The molecular weight excluding hydrogens is 448 g/mol. The van der Waals surface area contributed by atoms with Gasteiger partial charge in [-0.05, 0) is 67.0 Å². The van der Waals surface area contributed by atoms with Crippen molar-refractivity contribution in [3.8, 4) is 11.5 Å². The minimum atomic E-state index is -3.64. The largest absolute Gasteiger partial charge is 0.586 e. The van der Waals surface area contributed by atoms with Crippen molar-refractivity contribution >= 4 is 0 Å². The molecule has 0 spiro atoms. The molecule has 0 saturated carbocycles. The van der Waals surface area contributed by atoms with E-state index in [9.17, 15) is 8.78 Å². The van der Waals surface area contributed by atoms with Crippen molar-refractivity contribution in [2.45, 2.75) is 64.3 Å². The molecule has 35 heavy (non-hydrogen) atoms. The van der Waals surface area contributed by atoms with Crippen molar-refractivity contribution in [3.63, 3.8) is 0 Å². The van der Waals surface area contributed by atoms with E-state index in [1.54, 1.807) is 12.1 Å². The highest BCUT2D eigenvalue weighted by atomic mass is 19.3. The standard InChI is InChI=1S/C28H35F2N3O2/c1-8-22-16-20(12-13-32(22)6)23-14-18(3)15-26(33(23)7)31-19(4)27(5,9-2)21-10-11-24-25(17-21)35-28(29,30)34-24/h10-17,22-23,31H,4,8-9H2,1-3,5-7H3. The summed E-state index contributed by atoms with van der Waals surface area (Å²) >= 11 is 0. The first kappa shape index (κ1) is 24.9. The smallest absolute Gasteiger partial charge is 0.395 e. The molecule has 3 heterocycles. The lowest BCUT2D eigenvalue weighted by Crippen LogP contribution is -2.42. The molecule has 3 aliphatic heterocycles. The lowest BCUT2D eigenvalue weighted by Gasteiger charge is -2.40. The molecule has 0 bridgehead atoms. The number of alkyl halides is 2. The lowest BCUT2D eigenvalue weighted by molar-refractivity contribution is -0.286. The Labute approximate surface area is 207 Å². The summed E-state index contributed by atoms with van der Waals surface area (Å²) < 4.78 is 36.4. The number of likely N-dealkylation sites (N-methyl/N-ethyl adjacent to an activating group) is 2. The van der Waals surface area contributed by atoms with Crippen LogP contribution >= 0.6 is 0 Å². The molecule has 3 unspecified atom stereocenters. The van der Waals surface area contributed by atoms with Crippen LogP contribution in [0, 0.1) is 0 Å². The third kappa shape index (κ3) is 4.68. The van der Waals surface area contributed by atoms with E-state index < -0.39 is 11.7 Å². The van der Waals surface area contributed by atoms with Crippen LogP contribution < -0.4 is 14.8 Å². The first-order valence-corrected chi connectivity index (χ1v) is 12.1. The zero-order valence-corrected chi connectivity index (χ0v) is 21.4. The van der Waals surface area contributed by atoms with Crippen LogP contribution in [0.1, 0.15) is 46.1 Å². The highest BCUT2D eigenvalue weighted by molar-refractivity contribution is 5.49. The van der Waals surface area contributed by atoms with E-state index in [2.05, 4.69) is 98.7 Å². The summed E-state index contributed by atoms with van der Waals surface area (Å²) in [5.74, 6) is 1.02. The molecule has 188 valence electrons. The zero-order chi connectivity index (χ0) is 25.5. The third-order valence-electron chi connectivity index (χ3n) is 7.44. The molecule has 0 aromatic heterocycles. The van der Waals surface area contributed by atoms with E-state index >= 15 is 0 Å². The number of hydrogen-bond donors (Lipinski definition) is 1. The van der Waals surface area contributed by atoms with Gasteiger partial charge in [-0.15, -0.1) is 8.78 Å². The van der Waals surface area contributed by atoms with Crippen molar-refractivity contribution in [1.29, 1.82) is 0 Å². The van der Waals surface area contributed by atoms with Gasteiger partial charge < -0.3 is 24.6 Å². The fourth-order valence-corrected chi connectivity index (χ4v) is 4.81. The summed E-state index contributed by atoms with van der Waals surface area (Å²) in [6.45, 7) is 12.8. The molecule has 0 saturated heterocycles. The maximum Gasteiger partial charge on any atom is 0.586 e. The molecule has 1 aromatic carbocycles. The molecule has 1 aromatic rings. The molecule has 5 nitrogen and oxygen atoms in total. The molecule has 0 radical (unpaired) electrons. The van der Waals surface area contributed by atoms with Gasteiger partial charge in [0.2, 0.25) is 0 Å². The van der Waals surface area contributed by atoms with Crippen LogP contribution in [0.5, 0.6) is 11.5 Å². The Balaban J connectivity index is 1.57. The number of hydrogen-bond acceptors (Lipinski definition) is 5. The Morgan fingerprint density at radius 3 is 2.57 bits per heavy atom. The van der Waals surface area contributed by atoms with Crippen molar-refractivity contribution in [2.75, 3.05) is 14.1 Å². The van der Waals surface area contributed by atoms with Gasteiger partial charge in [0, 0.05) is 31.2 Å². The number of nitrogens with zero attached hydrogens (tertiary/aromatic N) is 2. The second-order valence-electron chi connectivity index (χ2n) is 9.74. The third-order valence-corrected chi connectivity index (χ3v) is 7.44. The maximum absolute atomic E-state index is 13.5. The van der Waals surface area contributed by atoms with Gasteiger partial charge in [0.05, 0.1) is 6.04 Å². The molecule has 1 N–H and O–H groups in total. The van der Waals surface area contributed by atoms with E-state index in [1.165, 1.54) is 11.6 Å². The number of nitrogens with one attached hydrogen (secondary N) is 1. The molecule has 0 fully saturated rings. The van der Waals surface area contributed by atoms with Crippen molar-refractivity contribution in [3.05, 3.63) is 83.5 Å². The van der Waals surface area contributed by atoms with Crippen LogP contribution in [-0.4, -0.2) is 42.3 Å². The van der Waals surface area contributed by atoms with Crippen molar-refractivity contribution < 1.29 is 18.3 Å². The van der Waals surface area contributed by atoms with E-state index in [-0.39, 0.29) is 17.5 Å². The Bertz CT molecular complexity index is 1140. The van der Waals surface area contributed by atoms with Gasteiger partial charge in [0.1, 0.15) is 5.82 Å². The number of rotatable bonds is 7. The highest BCUT2D eigenvalue weighted by Gasteiger charge is 2.44. The van der Waals surface area contributed by atoms with Crippen LogP contribution in [0.15, 0.2) is 77.9 Å². The Morgan fingerprint density at radius 1 is 1.17 bits per heavy atom. The van der Waals surface area contributed by atoms with Gasteiger partial charge >= 0.3 is 6.29 Å². The van der Waals surface area contributed by atoms with Crippen LogP contribution in [0.2, 0.25) is 0 Å². The topological polar surface area (TPSA) is 37.0 Å². The number of fused-ring (bicyclic) bond motifs is 1. The monoisotopic (exact) mass is 483 g/mol. The minimum Gasteiger partial charge on any atom is -0.395 e.